The molecule has 88 heavy (non-hydrogen) atoms. The van der Waals surface area contributed by atoms with E-state index in [1.807, 2.05) is 21.1 Å². The zero-order valence-corrected chi connectivity index (χ0v) is 59.1. The average molecular weight is 1250 g/mol. The Kier molecular flexibility index (Phi) is 65.9. The highest BCUT2D eigenvalue weighted by Crippen LogP contribution is 2.38. The molecule has 0 aliphatic carbocycles. The van der Waals surface area contributed by atoms with E-state index in [-0.39, 0.29) is 32.0 Å². The third-order valence-electron chi connectivity index (χ3n) is 16.1. The summed E-state index contributed by atoms with van der Waals surface area (Å²) in [4.78, 5) is 38.1. The van der Waals surface area contributed by atoms with E-state index in [4.69, 9.17) is 18.5 Å². The fourth-order valence-corrected chi connectivity index (χ4v) is 11.2. The van der Waals surface area contributed by atoms with Crippen LogP contribution >= 0.6 is 7.82 Å². The predicted molar refractivity (Wildman–Crippen MR) is 379 cm³/mol. The molecule has 0 aliphatic rings. The van der Waals surface area contributed by atoms with Crippen LogP contribution in [0.15, 0.2) is 97.2 Å². The van der Waals surface area contributed by atoms with Crippen molar-refractivity contribution in [3.63, 3.8) is 0 Å². The molecule has 0 saturated carbocycles. The lowest BCUT2D eigenvalue weighted by atomic mass is 10.0. The molecule has 0 aliphatic heterocycles. The summed E-state index contributed by atoms with van der Waals surface area (Å²) >= 11 is 0. The molecule has 510 valence electrons. The number of allylic oxidation sites excluding steroid dienone is 16. The van der Waals surface area contributed by atoms with Crippen LogP contribution < -0.4 is 4.89 Å². The number of ether oxygens (including phenoxy) is 2. The molecule has 9 nitrogen and oxygen atoms in total. The van der Waals surface area contributed by atoms with Gasteiger partial charge in [-0.15, -0.1) is 0 Å². The van der Waals surface area contributed by atoms with E-state index in [2.05, 4.69) is 111 Å². The van der Waals surface area contributed by atoms with Crippen molar-refractivity contribution < 1.29 is 42.1 Å². The Hall–Kier alpha value is -3.07. The lowest BCUT2D eigenvalue weighted by Crippen LogP contribution is -2.37. The van der Waals surface area contributed by atoms with Gasteiger partial charge in [0.05, 0.1) is 27.7 Å². The van der Waals surface area contributed by atoms with Gasteiger partial charge in [-0.05, 0) is 96.3 Å². The maximum Gasteiger partial charge on any atom is 0.306 e. The summed E-state index contributed by atoms with van der Waals surface area (Å²) in [5.74, 6) is -0.830. The molecule has 0 aromatic rings. The summed E-state index contributed by atoms with van der Waals surface area (Å²) in [5, 5.41) is 0. The number of carbonyl (C=O) groups excluding carboxylic acids is 2. The number of likely N-dealkylation sites (N-methyl/N-ethyl adjacent to an activating group) is 1. The molecular weight excluding hydrogens is 1110 g/mol. The van der Waals surface area contributed by atoms with Gasteiger partial charge < -0.3 is 27.9 Å². The van der Waals surface area contributed by atoms with Gasteiger partial charge in [0.1, 0.15) is 19.8 Å². The Bertz CT molecular complexity index is 1810. The Morgan fingerprint density at radius 1 is 0.364 bits per heavy atom. The summed E-state index contributed by atoms with van der Waals surface area (Å²) in [5.41, 5.74) is 0. The van der Waals surface area contributed by atoms with Gasteiger partial charge in [0.2, 0.25) is 0 Å². The highest BCUT2D eigenvalue weighted by Gasteiger charge is 2.22. The Balaban J connectivity index is 3.94. The number of unbranched alkanes of at least 4 members (excludes halogenated alkanes) is 38. The first-order chi connectivity index (χ1) is 43.0. The van der Waals surface area contributed by atoms with Gasteiger partial charge in [-0.3, -0.25) is 14.2 Å². The SMILES string of the molecule is CC/C=C\C/C=C\C/C=C\C/C=C\C/C=C\CCCCCCCCCCCCCCCCCCCCCCCCCCCC(=O)OC(COC(=O)CCCCCCCCCC/C=C\C/C=C\C/C=C\CCCCCCC)COP(=O)([O-])OCC[N+](C)(C)C. The summed E-state index contributed by atoms with van der Waals surface area (Å²) < 4.78 is 34.3. The number of nitrogens with zero attached hydrogens (tertiary/aromatic N) is 1. The predicted octanol–water partition coefficient (Wildman–Crippen LogP) is 23.6. The van der Waals surface area contributed by atoms with Gasteiger partial charge >= 0.3 is 11.9 Å². The van der Waals surface area contributed by atoms with Crippen molar-refractivity contribution >= 4 is 19.8 Å². The smallest absolute Gasteiger partial charge is 0.306 e. The first-order valence-electron chi connectivity index (χ1n) is 36.9. The lowest BCUT2D eigenvalue weighted by molar-refractivity contribution is -0.870. The maximum atomic E-state index is 12.9. The molecule has 0 amide bonds. The largest absolute Gasteiger partial charge is 0.756 e. The van der Waals surface area contributed by atoms with Crippen LogP contribution in [0.3, 0.4) is 0 Å². The van der Waals surface area contributed by atoms with Crippen LogP contribution in [-0.2, 0) is 32.7 Å². The van der Waals surface area contributed by atoms with Crippen molar-refractivity contribution in [3.8, 4) is 0 Å². The van der Waals surface area contributed by atoms with Crippen LogP contribution in [0, 0.1) is 0 Å². The normalized spacial score (nSPS) is 13.7. The minimum atomic E-state index is -4.65. The van der Waals surface area contributed by atoms with Crippen LogP contribution in [0.1, 0.15) is 335 Å². The Labute approximate surface area is 544 Å². The number of carbonyl (C=O) groups is 2. The molecule has 0 spiro atoms. The van der Waals surface area contributed by atoms with Crippen LogP contribution in [0.2, 0.25) is 0 Å². The van der Waals surface area contributed by atoms with Gasteiger partial charge in [-0.2, -0.15) is 0 Å². The molecule has 0 aromatic heterocycles. The van der Waals surface area contributed by atoms with E-state index >= 15 is 0 Å². The monoisotopic (exact) mass is 1250 g/mol. The molecule has 0 aromatic carbocycles. The van der Waals surface area contributed by atoms with Gasteiger partial charge in [-0.1, -0.05) is 323 Å². The van der Waals surface area contributed by atoms with Crippen molar-refractivity contribution in [3.05, 3.63) is 97.2 Å². The number of phosphoric ester groups is 1. The topological polar surface area (TPSA) is 111 Å². The quantitative estimate of drug-likeness (QED) is 0.0195. The summed E-state index contributed by atoms with van der Waals surface area (Å²) in [6.45, 7) is 4.14. The van der Waals surface area contributed by atoms with Gasteiger partial charge in [0, 0.05) is 12.8 Å². The highest BCUT2D eigenvalue weighted by atomic mass is 31.2. The fraction of sp³-hybridized carbons (Fsp3) is 0.769. The number of rotatable bonds is 68. The van der Waals surface area contributed by atoms with E-state index in [1.54, 1.807) is 0 Å². The van der Waals surface area contributed by atoms with Gasteiger partial charge in [0.15, 0.2) is 6.10 Å². The van der Waals surface area contributed by atoms with Crippen molar-refractivity contribution in [1.29, 1.82) is 0 Å². The number of hydrogen-bond acceptors (Lipinski definition) is 8. The molecule has 2 atom stereocenters. The van der Waals surface area contributed by atoms with Gasteiger partial charge in [0.25, 0.3) is 7.82 Å². The molecule has 0 N–H and O–H groups in total. The van der Waals surface area contributed by atoms with E-state index in [0.717, 1.165) is 96.3 Å². The molecule has 0 radical (unpaired) electrons. The highest BCUT2D eigenvalue weighted by molar-refractivity contribution is 7.45. The molecule has 0 heterocycles. The third kappa shape index (κ3) is 72.0. The molecule has 0 bridgehead atoms. The number of quaternary nitrogens is 1. The second-order valence-electron chi connectivity index (χ2n) is 25.9. The van der Waals surface area contributed by atoms with E-state index < -0.39 is 26.5 Å². The Morgan fingerprint density at radius 3 is 0.966 bits per heavy atom. The third-order valence-corrected chi connectivity index (χ3v) is 17.1. The van der Waals surface area contributed by atoms with Crippen molar-refractivity contribution in [2.75, 3.05) is 47.5 Å². The molecule has 0 rings (SSSR count). The molecule has 0 fully saturated rings. The van der Waals surface area contributed by atoms with Crippen molar-refractivity contribution in [2.45, 2.75) is 341 Å². The van der Waals surface area contributed by atoms with E-state index in [1.165, 1.54) is 205 Å². The van der Waals surface area contributed by atoms with Crippen molar-refractivity contribution in [2.24, 2.45) is 0 Å². The molecule has 0 saturated heterocycles. The zero-order chi connectivity index (χ0) is 64.1. The summed E-state index contributed by atoms with van der Waals surface area (Å²) in [7, 11) is 1.17. The zero-order valence-electron chi connectivity index (χ0n) is 58.2. The summed E-state index contributed by atoms with van der Waals surface area (Å²) in [6, 6.07) is 0. The minimum absolute atomic E-state index is 0.0332. The van der Waals surface area contributed by atoms with Crippen LogP contribution in [0.4, 0.5) is 0 Å². The Morgan fingerprint density at radius 2 is 0.648 bits per heavy atom. The molecular formula is C78H140NO8P. The molecule has 2 unspecified atom stereocenters. The van der Waals surface area contributed by atoms with Crippen LogP contribution in [-0.4, -0.2) is 70.0 Å². The van der Waals surface area contributed by atoms with Crippen molar-refractivity contribution in [1.82, 2.24) is 0 Å². The van der Waals surface area contributed by atoms with Gasteiger partial charge in [-0.25, -0.2) is 0 Å². The summed E-state index contributed by atoms with van der Waals surface area (Å²) in [6.07, 6.45) is 95.1. The van der Waals surface area contributed by atoms with E-state index in [0.29, 0.717) is 17.4 Å². The standard InChI is InChI=1S/C78H140NO8P/c1-6-8-10-12-14-16-18-20-22-24-26-28-30-31-32-33-34-35-36-37-38-39-40-41-42-43-44-45-46-47-49-51-53-55-57-59-61-63-65-67-69-71-78(81)87-76(75-86-88(82,83)85-73-72-79(3,4)5)74-84-77(80)70-68-66-64-62-60-58-56-54-52-50-48-29-27-25-23-21-19-17-15-13-11-9-7-2/h8,10,14,16,19-22,25-28,31-32,48,50,76H,6-7,9,11-13,15,17-18,23-24,29-30,33-47,49,51-75H2,1-5H3/b10-8-,16-14-,21-19-,22-20-,27-25-,28-26-,32-31-,50-48-. The fourth-order valence-electron chi connectivity index (χ4n) is 10.5. The second kappa shape index (κ2) is 68.3. The maximum absolute atomic E-state index is 12.9. The minimum Gasteiger partial charge on any atom is -0.756 e. The molecule has 10 heteroatoms. The van der Waals surface area contributed by atoms with Crippen LogP contribution in [0.5, 0.6) is 0 Å². The number of phosphoric acid groups is 1. The number of hydrogen-bond donors (Lipinski definition) is 0. The second-order valence-corrected chi connectivity index (χ2v) is 27.3. The first kappa shape index (κ1) is 84.9. The first-order valence-corrected chi connectivity index (χ1v) is 38.4. The number of esters is 2. The van der Waals surface area contributed by atoms with Crippen LogP contribution in [0.25, 0.3) is 0 Å². The lowest BCUT2D eigenvalue weighted by Gasteiger charge is -2.28. The van der Waals surface area contributed by atoms with E-state index in [9.17, 15) is 19.0 Å². The average Bonchev–Trinajstić information content (AvgIpc) is 3.58.